The van der Waals surface area contributed by atoms with Crippen LogP contribution in [0.15, 0.2) is 60.1 Å². The summed E-state index contributed by atoms with van der Waals surface area (Å²) in [6.07, 6.45) is -2.97. The minimum atomic E-state index is -4.75. The van der Waals surface area contributed by atoms with Crippen molar-refractivity contribution in [3.8, 4) is 17.3 Å². The van der Waals surface area contributed by atoms with E-state index in [0.717, 1.165) is 35.6 Å². The van der Waals surface area contributed by atoms with Gasteiger partial charge in [-0.25, -0.2) is 23.8 Å². The molecule has 0 bridgehead atoms. The number of halogens is 5. The first-order valence-corrected chi connectivity index (χ1v) is 12.6. The predicted molar refractivity (Wildman–Crippen MR) is 137 cm³/mol. The van der Waals surface area contributed by atoms with E-state index in [4.69, 9.17) is 0 Å². The van der Waals surface area contributed by atoms with Gasteiger partial charge in [-0.3, -0.25) is 14.6 Å². The molecule has 42 heavy (non-hydrogen) atoms. The van der Waals surface area contributed by atoms with Crippen LogP contribution in [-0.2, 0) is 22.3 Å². The number of aliphatic hydroxyl groups is 1. The van der Waals surface area contributed by atoms with Gasteiger partial charge >= 0.3 is 6.18 Å². The summed E-state index contributed by atoms with van der Waals surface area (Å²) in [6.45, 7) is 1.40. The van der Waals surface area contributed by atoms with Crippen LogP contribution in [0.25, 0.3) is 11.3 Å². The third-order valence-corrected chi connectivity index (χ3v) is 7.32. The summed E-state index contributed by atoms with van der Waals surface area (Å²) in [4.78, 5) is 34.9. The maximum Gasteiger partial charge on any atom is 0.416 e. The number of fused-ring (bicyclic) bond motifs is 1. The zero-order chi connectivity index (χ0) is 30.4. The second-order valence-corrected chi connectivity index (χ2v) is 9.91. The van der Waals surface area contributed by atoms with Crippen LogP contribution in [0.4, 0.5) is 27.6 Å². The van der Waals surface area contributed by atoms with Crippen LogP contribution in [0.1, 0.15) is 36.6 Å². The monoisotopic (exact) mass is 584 g/mol. The molecule has 2 amide bonds. The number of aromatic nitrogens is 2. The fraction of sp³-hybridized carbons (Fsp3) is 0.250. The minimum absolute atomic E-state index is 0.117. The van der Waals surface area contributed by atoms with Gasteiger partial charge in [0.25, 0.3) is 11.8 Å². The Balaban J connectivity index is 1.56. The molecule has 0 aliphatic carbocycles. The molecule has 2 aromatic carbocycles. The second-order valence-electron chi connectivity index (χ2n) is 9.91. The smallest absolute Gasteiger partial charge is 0.416 e. The molecule has 1 aromatic heterocycles. The fourth-order valence-electron chi connectivity index (χ4n) is 5.17. The van der Waals surface area contributed by atoms with Crippen molar-refractivity contribution in [2.24, 2.45) is 0 Å². The van der Waals surface area contributed by atoms with E-state index in [-0.39, 0.29) is 34.7 Å². The van der Waals surface area contributed by atoms with Crippen molar-refractivity contribution >= 4 is 17.5 Å². The molecule has 216 valence electrons. The van der Waals surface area contributed by atoms with E-state index in [2.05, 4.69) is 15.3 Å². The van der Waals surface area contributed by atoms with Crippen molar-refractivity contribution in [3.63, 3.8) is 0 Å². The number of carbonyl (C=O) groups is 2. The van der Waals surface area contributed by atoms with E-state index < -0.39 is 58.6 Å². The number of nitrogens with zero attached hydrogens (tertiary/aromatic N) is 5. The molecule has 1 atom stereocenters. The number of rotatable bonds is 5. The average molecular weight is 585 g/mol. The van der Waals surface area contributed by atoms with Gasteiger partial charge in [0.2, 0.25) is 0 Å². The molecule has 14 heteroatoms. The number of hydrazine groups is 1. The lowest BCUT2D eigenvalue weighted by atomic mass is 9.90. The number of benzene rings is 2. The molecule has 0 radical (unpaired) electrons. The molecular formula is C28H21F5N6O3. The number of amides is 2. The van der Waals surface area contributed by atoms with Crippen molar-refractivity contribution in [1.29, 1.82) is 5.26 Å². The molecule has 0 spiro atoms. The third kappa shape index (κ3) is 4.92. The Hall–Kier alpha value is -4.90. The molecule has 5 rings (SSSR count). The highest BCUT2D eigenvalue weighted by Crippen LogP contribution is 2.42. The van der Waals surface area contributed by atoms with Crippen LogP contribution in [-0.4, -0.2) is 49.0 Å². The van der Waals surface area contributed by atoms with Crippen LogP contribution in [0.2, 0.25) is 0 Å². The van der Waals surface area contributed by atoms with Crippen LogP contribution in [0, 0.1) is 23.0 Å². The van der Waals surface area contributed by atoms with E-state index in [0.29, 0.717) is 18.9 Å². The fourth-order valence-corrected chi connectivity index (χ4v) is 5.17. The maximum atomic E-state index is 14.5. The van der Waals surface area contributed by atoms with Gasteiger partial charge in [-0.1, -0.05) is 12.1 Å². The van der Waals surface area contributed by atoms with Crippen LogP contribution >= 0.6 is 0 Å². The van der Waals surface area contributed by atoms with E-state index >= 15 is 0 Å². The van der Waals surface area contributed by atoms with Gasteiger partial charge < -0.3 is 10.4 Å². The Labute approximate surface area is 235 Å². The lowest BCUT2D eigenvalue weighted by Crippen LogP contribution is -2.60. The van der Waals surface area contributed by atoms with Crippen molar-refractivity contribution < 1.29 is 36.6 Å². The molecule has 3 heterocycles. The molecule has 2 aliphatic rings. The number of anilines is 1. The van der Waals surface area contributed by atoms with E-state index in [9.17, 15) is 41.9 Å². The number of nitrogens with one attached hydrogen (secondary N) is 1. The Morgan fingerprint density at radius 2 is 1.95 bits per heavy atom. The Morgan fingerprint density at radius 3 is 2.67 bits per heavy atom. The van der Waals surface area contributed by atoms with Crippen LogP contribution in [0.5, 0.6) is 0 Å². The Bertz CT molecular complexity index is 1690. The molecule has 2 N–H and O–H groups in total. The molecule has 1 saturated heterocycles. The van der Waals surface area contributed by atoms with Crippen LogP contribution < -0.4 is 5.32 Å². The quantitative estimate of drug-likeness (QED) is 0.324. The number of hydrogen-bond acceptors (Lipinski definition) is 7. The molecule has 2 aliphatic heterocycles. The predicted octanol–water partition coefficient (Wildman–Crippen LogP) is 4.87. The van der Waals surface area contributed by atoms with E-state index in [1.165, 1.54) is 17.1 Å². The first kappa shape index (κ1) is 28.6. The summed E-state index contributed by atoms with van der Waals surface area (Å²) in [5.74, 6) is -5.04. The van der Waals surface area contributed by atoms with Crippen molar-refractivity contribution in [1.82, 2.24) is 20.0 Å². The molecule has 1 unspecified atom stereocenters. The SMILES string of the molecule is CC12CCCN1N(Cc1cccc(F)c1F)C(=O)C(C(=O)Nc1ccc(C(F)(F)F)cc1-c1cc(C#N)ncn1)=C2O. The van der Waals surface area contributed by atoms with Gasteiger partial charge in [-0.05, 0) is 44.0 Å². The Morgan fingerprint density at radius 1 is 1.19 bits per heavy atom. The first-order chi connectivity index (χ1) is 19.8. The number of hydrogen-bond donors (Lipinski definition) is 2. The van der Waals surface area contributed by atoms with Gasteiger partial charge in [0.15, 0.2) is 11.6 Å². The lowest BCUT2D eigenvalue weighted by Gasteiger charge is -2.46. The van der Waals surface area contributed by atoms with Gasteiger partial charge in [-0.15, -0.1) is 0 Å². The van der Waals surface area contributed by atoms with Gasteiger partial charge in [0.1, 0.15) is 29.4 Å². The number of alkyl halides is 3. The third-order valence-electron chi connectivity index (χ3n) is 7.32. The highest BCUT2D eigenvalue weighted by molar-refractivity contribution is 6.24. The standard InChI is InChI=1S/C28H21F5N6O3/c1-27-8-3-9-39(27)38(13-15-4-2-5-19(29)23(15)30)26(42)22(24(27)40)25(41)37-20-7-6-16(28(31,32)33)10-18(20)21-11-17(12-34)35-14-36-21/h2,4-7,10-11,14,40H,3,8-9,13H2,1H3,(H,37,41). The minimum Gasteiger partial charge on any atom is -0.509 e. The molecule has 1 fully saturated rings. The lowest BCUT2D eigenvalue weighted by molar-refractivity contribution is -0.160. The summed E-state index contributed by atoms with van der Waals surface area (Å²) < 4.78 is 69.1. The van der Waals surface area contributed by atoms with Crippen molar-refractivity contribution in [2.75, 3.05) is 11.9 Å². The summed E-state index contributed by atoms with van der Waals surface area (Å²) in [6, 6.07) is 8.73. The van der Waals surface area contributed by atoms with Crippen LogP contribution in [0.3, 0.4) is 0 Å². The van der Waals surface area contributed by atoms with Crippen molar-refractivity contribution in [2.45, 2.75) is 38.0 Å². The summed E-state index contributed by atoms with van der Waals surface area (Å²) in [7, 11) is 0. The zero-order valence-electron chi connectivity index (χ0n) is 21.8. The summed E-state index contributed by atoms with van der Waals surface area (Å²) in [5, 5.41) is 25.3. The van der Waals surface area contributed by atoms with E-state index in [1.54, 1.807) is 13.0 Å². The zero-order valence-corrected chi connectivity index (χ0v) is 21.8. The summed E-state index contributed by atoms with van der Waals surface area (Å²) in [5.41, 5.74) is -3.89. The van der Waals surface area contributed by atoms with Gasteiger partial charge in [0, 0.05) is 23.7 Å². The van der Waals surface area contributed by atoms with Gasteiger partial charge in [0.05, 0.1) is 29.0 Å². The van der Waals surface area contributed by atoms with Crippen molar-refractivity contribution in [3.05, 3.63) is 88.6 Å². The molecule has 3 aromatic rings. The topological polar surface area (TPSA) is 122 Å². The normalized spacial score (nSPS) is 19.1. The molecule has 0 saturated carbocycles. The highest BCUT2D eigenvalue weighted by atomic mass is 19.4. The number of nitriles is 1. The summed E-state index contributed by atoms with van der Waals surface area (Å²) >= 11 is 0. The second kappa shape index (κ2) is 10.5. The van der Waals surface area contributed by atoms with E-state index in [1.807, 2.05) is 0 Å². The maximum absolute atomic E-state index is 14.5. The number of aliphatic hydroxyl groups excluding tert-OH is 1. The first-order valence-electron chi connectivity index (χ1n) is 12.6. The Kier molecular flexibility index (Phi) is 7.15. The average Bonchev–Trinajstić information content (AvgIpc) is 3.36. The number of carbonyl (C=O) groups excluding carboxylic acids is 2. The molecule has 9 nitrogen and oxygen atoms in total. The largest absolute Gasteiger partial charge is 0.509 e. The highest BCUT2D eigenvalue weighted by Gasteiger charge is 2.52. The van der Waals surface area contributed by atoms with Gasteiger partial charge in [-0.2, -0.15) is 18.4 Å². The molecular weight excluding hydrogens is 563 g/mol.